The van der Waals surface area contributed by atoms with Gasteiger partial charge in [-0.05, 0) is 43.2 Å². The molecule has 2 aliphatic rings. The van der Waals surface area contributed by atoms with Crippen LogP contribution in [0.1, 0.15) is 19.3 Å². The maximum absolute atomic E-state index is 12.6. The quantitative estimate of drug-likeness (QED) is 0.757. The van der Waals surface area contributed by atoms with Crippen LogP contribution in [0.2, 0.25) is 0 Å². The molecule has 2 aliphatic carbocycles. The molecule has 1 amide bonds. The van der Waals surface area contributed by atoms with Crippen molar-refractivity contribution in [2.24, 2.45) is 22.9 Å². The van der Waals surface area contributed by atoms with Gasteiger partial charge in [-0.25, -0.2) is 13.6 Å². The molecule has 0 saturated heterocycles. The lowest BCUT2D eigenvalue weighted by molar-refractivity contribution is -0.119. The minimum atomic E-state index is -3.99. The van der Waals surface area contributed by atoms with Gasteiger partial charge in [-0.1, -0.05) is 12.1 Å². The van der Waals surface area contributed by atoms with E-state index in [0.717, 1.165) is 12.8 Å². The second-order valence-corrected chi connectivity index (χ2v) is 8.39. The summed E-state index contributed by atoms with van der Waals surface area (Å²) in [6, 6.07) is 5.79. The van der Waals surface area contributed by atoms with Crippen LogP contribution in [0.4, 0.5) is 5.69 Å². The predicted octanol–water partition coefficient (Wildman–Crippen LogP) is 0.370. The fraction of sp³-hybridized carbons (Fsp3) is 0.429. The van der Waals surface area contributed by atoms with Gasteiger partial charge in [0.05, 0.1) is 16.5 Å². The summed E-state index contributed by atoms with van der Waals surface area (Å²) in [5.74, 6) is -1.29. The summed E-state index contributed by atoms with van der Waals surface area (Å²) >= 11 is 0. The molecule has 0 aliphatic heterocycles. The first-order valence-corrected chi connectivity index (χ1v) is 9.80. The van der Waals surface area contributed by atoms with Crippen molar-refractivity contribution in [2.45, 2.75) is 24.2 Å². The molecule has 124 valence electrons. The SMILES string of the molecule is NS(=O)(=O)c1ccccc1NC(=O)C1C(=S(=O)=O)C2CCC1C2. The third-order valence-corrected chi connectivity index (χ3v) is 6.52. The van der Waals surface area contributed by atoms with Crippen LogP contribution >= 0.6 is 0 Å². The number of para-hydroxylation sites is 1. The Morgan fingerprint density at radius 3 is 2.57 bits per heavy atom. The number of hydrogen-bond donors (Lipinski definition) is 2. The van der Waals surface area contributed by atoms with Gasteiger partial charge in [-0.3, -0.25) is 4.79 Å². The zero-order valence-electron chi connectivity index (χ0n) is 12.1. The molecule has 3 N–H and O–H groups in total. The van der Waals surface area contributed by atoms with E-state index >= 15 is 0 Å². The minimum Gasteiger partial charge on any atom is -0.324 e. The highest BCUT2D eigenvalue weighted by Crippen LogP contribution is 2.46. The van der Waals surface area contributed by atoms with Crippen molar-refractivity contribution < 1.29 is 21.6 Å². The molecule has 0 heterocycles. The third-order valence-electron chi connectivity index (χ3n) is 4.58. The normalized spacial score (nSPS) is 26.3. The summed E-state index contributed by atoms with van der Waals surface area (Å²) in [6.07, 6.45) is 2.28. The summed E-state index contributed by atoms with van der Waals surface area (Å²) in [5, 5.41) is 7.68. The lowest BCUT2D eigenvalue weighted by atomic mass is 9.88. The summed E-state index contributed by atoms with van der Waals surface area (Å²) in [4.78, 5) is 12.6. The highest BCUT2D eigenvalue weighted by molar-refractivity contribution is 7.89. The summed E-state index contributed by atoms with van der Waals surface area (Å²) < 4.78 is 46.1. The molecule has 0 radical (unpaired) electrons. The topological polar surface area (TPSA) is 123 Å². The van der Waals surface area contributed by atoms with E-state index in [9.17, 15) is 21.6 Å². The molecule has 3 atom stereocenters. The van der Waals surface area contributed by atoms with Crippen LogP contribution in [0.5, 0.6) is 0 Å². The lowest BCUT2D eigenvalue weighted by Crippen LogP contribution is -2.35. The number of nitrogens with two attached hydrogens (primary N) is 1. The largest absolute Gasteiger partial charge is 0.324 e. The van der Waals surface area contributed by atoms with E-state index in [4.69, 9.17) is 5.14 Å². The second-order valence-electron chi connectivity index (χ2n) is 5.92. The molecular weight excluding hydrogens is 340 g/mol. The molecule has 1 aromatic rings. The molecule has 2 bridgehead atoms. The van der Waals surface area contributed by atoms with Crippen LogP contribution in [0, 0.1) is 17.8 Å². The predicted molar refractivity (Wildman–Crippen MR) is 84.7 cm³/mol. The molecule has 23 heavy (non-hydrogen) atoms. The van der Waals surface area contributed by atoms with E-state index < -0.39 is 32.1 Å². The van der Waals surface area contributed by atoms with Gasteiger partial charge in [0.25, 0.3) is 0 Å². The number of carbonyl (C=O) groups excluding carboxylic acids is 1. The molecule has 3 rings (SSSR count). The van der Waals surface area contributed by atoms with E-state index in [0.29, 0.717) is 6.42 Å². The zero-order chi connectivity index (χ0) is 16.8. The Morgan fingerprint density at radius 1 is 1.22 bits per heavy atom. The number of rotatable bonds is 3. The Labute approximate surface area is 135 Å². The molecule has 2 fully saturated rings. The number of carbonyl (C=O) groups is 1. The van der Waals surface area contributed by atoms with Crippen molar-refractivity contribution >= 4 is 36.8 Å². The monoisotopic (exact) mass is 356 g/mol. The van der Waals surface area contributed by atoms with Gasteiger partial charge in [0, 0.05) is 0 Å². The summed E-state index contributed by atoms with van der Waals surface area (Å²) in [5.41, 5.74) is 0.0683. The highest BCUT2D eigenvalue weighted by Gasteiger charge is 2.49. The van der Waals surface area contributed by atoms with Crippen LogP contribution in [-0.4, -0.2) is 27.6 Å². The Kier molecular flexibility index (Phi) is 4.03. The van der Waals surface area contributed by atoms with E-state index in [1.165, 1.54) is 18.2 Å². The smallest absolute Gasteiger partial charge is 0.240 e. The average Bonchev–Trinajstić information content (AvgIpc) is 3.07. The van der Waals surface area contributed by atoms with Crippen molar-refractivity contribution in [3.8, 4) is 0 Å². The van der Waals surface area contributed by atoms with Gasteiger partial charge in [0.1, 0.15) is 4.90 Å². The second kappa shape index (κ2) is 5.73. The maximum atomic E-state index is 12.6. The van der Waals surface area contributed by atoms with Crippen molar-refractivity contribution in [3.63, 3.8) is 0 Å². The Hall–Kier alpha value is -1.71. The molecule has 0 aromatic heterocycles. The maximum Gasteiger partial charge on any atom is 0.240 e. The first kappa shape index (κ1) is 16.2. The molecule has 0 spiro atoms. The molecule has 7 nitrogen and oxygen atoms in total. The van der Waals surface area contributed by atoms with Crippen LogP contribution < -0.4 is 10.5 Å². The number of fused-ring (bicyclic) bond motifs is 2. The highest BCUT2D eigenvalue weighted by atomic mass is 32.2. The van der Waals surface area contributed by atoms with Crippen LogP contribution in [0.25, 0.3) is 0 Å². The Balaban J connectivity index is 1.94. The average molecular weight is 356 g/mol. The number of anilines is 1. The molecule has 1 aromatic carbocycles. The number of sulfonamides is 1. The van der Waals surface area contributed by atoms with E-state index in [1.54, 1.807) is 6.07 Å². The van der Waals surface area contributed by atoms with E-state index in [1.807, 2.05) is 0 Å². The van der Waals surface area contributed by atoms with Crippen molar-refractivity contribution in [2.75, 3.05) is 5.32 Å². The Bertz CT molecular complexity index is 897. The van der Waals surface area contributed by atoms with E-state index in [2.05, 4.69) is 5.32 Å². The zero-order valence-corrected chi connectivity index (χ0v) is 13.7. The van der Waals surface area contributed by atoms with Gasteiger partial charge in [0.2, 0.25) is 26.2 Å². The first-order chi connectivity index (χ1) is 10.8. The number of primary sulfonamides is 1. The van der Waals surface area contributed by atoms with Crippen LogP contribution in [-0.2, 0) is 25.1 Å². The van der Waals surface area contributed by atoms with Crippen LogP contribution in [0.15, 0.2) is 29.2 Å². The summed E-state index contributed by atoms with van der Waals surface area (Å²) in [6.45, 7) is 0. The van der Waals surface area contributed by atoms with Crippen molar-refractivity contribution in [1.29, 1.82) is 0 Å². The van der Waals surface area contributed by atoms with Crippen LogP contribution in [0.3, 0.4) is 0 Å². The van der Waals surface area contributed by atoms with Crippen molar-refractivity contribution in [3.05, 3.63) is 24.3 Å². The van der Waals surface area contributed by atoms with Gasteiger partial charge < -0.3 is 5.32 Å². The number of hydrogen-bond acceptors (Lipinski definition) is 5. The first-order valence-electron chi connectivity index (χ1n) is 7.17. The number of benzene rings is 1. The van der Waals surface area contributed by atoms with E-state index in [-0.39, 0.29) is 27.3 Å². The molecule has 9 heteroatoms. The lowest BCUT2D eigenvalue weighted by Gasteiger charge is -2.21. The fourth-order valence-electron chi connectivity index (χ4n) is 3.68. The third kappa shape index (κ3) is 2.91. The molecule has 3 unspecified atom stereocenters. The van der Waals surface area contributed by atoms with Gasteiger partial charge in [0.15, 0.2) is 0 Å². The minimum absolute atomic E-state index is 0.00505. The fourth-order valence-corrected chi connectivity index (χ4v) is 5.36. The number of nitrogens with one attached hydrogen (secondary N) is 1. The van der Waals surface area contributed by atoms with Crippen molar-refractivity contribution in [1.82, 2.24) is 0 Å². The standard InChI is InChI=1S/C14H16N2O5S2/c15-23(20,21)11-4-2-1-3-10(11)16-14(17)12-8-5-6-9(7-8)13(12)22(18)19/h1-4,8-9,12H,5-7H2,(H,16,17)(H2,15,20,21). The Morgan fingerprint density at radius 2 is 1.91 bits per heavy atom. The molecule has 2 saturated carbocycles. The van der Waals surface area contributed by atoms with Gasteiger partial charge in [-0.15, -0.1) is 0 Å². The summed E-state index contributed by atoms with van der Waals surface area (Å²) in [7, 11) is -6.39. The molecular formula is C14H16N2O5S2. The van der Waals surface area contributed by atoms with Gasteiger partial charge in [-0.2, -0.15) is 8.42 Å². The number of amides is 1. The van der Waals surface area contributed by atoms with Gasteiger partial charge >= 0.3 is 0 Å².